The number of carboxylic acids is 1. The van der Waals surface area contributed by atoms with Crippen molar-refractivity contribution in [1.82, 2.24) is 4.98 Å². The van der Waals surface area contributed by atoms with Gasteiger partial charge in [0.2, 0.25) is 0 Å². The molecule has 3 N–H and O–H groups in total. The Kier molecular flexibility index (Phi) is 4.68. The second-order valence-corrected chi connectivity index (χ2v) is 3.43. The predicted molar refractivity (Wildman–Crippen MR) is 65.7 cm³/mol. The number of carbonyl (C=O) groups is 1. The van der Waals surface area contributed by atoms with E-state index in [1.165, 1.54) is 12.1 Å². The lowest BCUT2D eigenvalue weighted by Crippen LogP contribution is -1.95. The quantitative estimate of drug-likeness (QED) is 0.718. The topological polar surface area (TPSA) is 90.7 Å². The maximum Gasteiger partial charge on any atom is 0.339 e. The van der Waals surface area contributed by atoms with Crippen LogP contribution in [0.4, 0.5) is 0 Å². The Labute approximate surface area is 104 Å². The van der Waals surface area contributed by atoms with Crippen LogP contribution in [0.1, 0.15) is 16.1 Å². The van der Waals surface area contributed by atoms with E-state index >= 15 is 0 Å². The lowest BCUT2D eigenvalue weighted by Gasteiger charge is -1.95. The number of benzene rings is 1. The molecule has 0 amide bonds. The minimum Gasteiger partial charge on any atom is -0.507 e. The summed E-state index contributed by atoms with van der Waals surface area (Å²) >= 11 is 0. The monoisotopic (exact) mass is 247 g/mol. The van der Waals surface area contributed by atoms with Crippen LogP contribution in [0.5, 0.6) is 11.5 Å². The van der Waals surface area contributed by atoms with E-state index in [0.29, 0.717) is 5.69 Å². The molecule has 2 aromatic rings. The molecule has 2 rings (SSSR count). The van der Waals surface area contributed by atoms with Crippen LogP contribution in [0.3, 0.4) is 0 Å². The number of nitrogens with zero attached hydrogens (tertiary/aromatic N) is 1. The molecule has 0 spiro atoms. The van der Waals surface area contributed by atoms with Crippen molar-refractivity contribution in [2.24, 2.45) is 0 Å². The number of para-hydroxylation sites is 1. The van der Waals surface area contributed by atoms with E-state index in [2.05, 4.69) is 4.98 Å². The molecule has 0 radical (unpaired) electrons. The van der Waals surface area contributed by atoms with Gasteiger partial charge >= 0.3 is 5.97 Å². The van der Waals surface area contributed by atoms with Gasteiger partial charge in [-0.1, -0.05) is 12.1 Å². The molecule has 1 heterocycles. The Morgan fingerprint density at radius 1 is 1.06 bits per heavy atom. The molecule has 0 unspecified atom stereocenters. The summed E-state index contributed by atoms with van der Waals surface area (Å²) in [6, 6.07) is 9.12. The highest BCUT2D eigenvalue weighted by Crippen LogP contribution is 2.14. The number of aromatic hydroxyl groups is 2. The van der Waals surface area contributed by atoms with E-state index in [0.717, 1.165) is 0 Å². The zero-order valence-electron chi connectivity index (χ0n) is 9.74. The number of carboxylic acid groups (broad SMARTS) is 1. The Bertz CT molecular complexity index is 519. The minimum atomic E-state index is -1.11. The van der Waals surface area contributed by atoms with Gasteiger partial charge < -0.3 is 15.3 Å². The average molecular weight is 247 g/mol. The molecule has 5 heteroatoms. The largest absolute Gasteiger partial charge is 0.507 e. The van der Waals surface area contributed by atoms with Gasteiger partial charge in [-0.25, -0.2) is 4.79 Å². The van der Waals surface area contributed by atoms with Gasteiger partial charge in [0.25, 0.3) is 0 Å². The standard InChI is InChI=1S/C7H6O3.C6H7NO/c8-6-4-2-1-3-5(6)7(9)10;1-5-6(8)3-2-4-7-5/h1-4,8H,(H,9,10);2-4,8H,1H3. The van der Waals surface area contributed by atoms with Crippen molar-refractivity contribution in [2.75, 3.05) is 0 Å². The van der Waals surface area contributed by atoms with Crippen LogP contribution in [0.2, 0.25) is 0 Å². The zero-order valence-corrected chi connectivity index (χ0v) is 9.74. The summed E-state index contributed by atoms with van der Waals surface area (Å²) in [5, 5.41) is 26.2. The molecular weight excluding hydrogens is 234 g/mol. The summed E-state index contributed by atoms with van der Waals surface area (Å²) in [7, 11) is 0. The molecule has 0 bridgehead atoms. The molecule has 0 aliphatic carbocycles. The minimum absolute atomic E-state index is 0.0671. The van der Waals surface area contributed by atoms with E-state index in [9.17, 15) is 4.79 Å². The molecule has 5 nitrogen and oxygen atoms in total. The van der Waals surface area contributed by atoms with Crippen LogP contribution in [0, 0.1) is 6.92 Å². The molecule has 0 atom stereocenters. The Hall–Kier alpha value is -2.56. The number of pyridine rings is 1. The van der Waals surface area contributed by atoms with E-state index in [1.54, 1.807) is 37.4 Å². The van der Waals surface area contributed by atoms with Crippen molar-refractivity contribution in [2.45, 2.75) is 6.92 Å². The molecule has 1 aromatic heterocycles. The second kappa shape index (κ2) is 6.24. The SMILES string of the molecule is Cc1ncccc1O.O=C(O)c1ccccc1O. The number of phenols is 1. The van der Waals surface area contributed by atoms with Gasteiger partial charge in [-0.15, -0.1) is 0 Å². The van der Waals surface area contributed by atoms with Crippen molar-refractivity contribution >= 4 is 5.97 Å². The zero-order chi connectivity index (χ0) is 13.5. The Balaban J connectivity index is 0.000000184. The maximum absolute atomic E-state index is 10.3. The number of aryl methyl sites for hydroxylation is 1. The highest BCUT2D eigenvalue weighted by molar-refractivity contribution is 5.90. The van der Waals surface area contributed by atoms with Crippen molar-refractivity contribution in [3.05, 3.63) is 53.9 Å². The summed E-state index contributed by atoms with van der Waals surface area (Å²) in [6.07, 6.45) is 1.65. The van der Waals surface area contributed by atoms with E-state index < -0.39 is 5.97 Å². The van der Waals surface area contributed by atoms with Gasteiger partial charge in [0.1, 0.15) is 17.1 Å². The molecule has 1 aromatic carbocycles. The first kappa shape index (κ1) is 13.5. The summed E-state index contributed by atoms with van der Waals surface area (Å²) in [5.41, 5.74) is 0.606. The van der Waals surface area contributed by atoms with E-state index in [4.69, 9.17) is 15.3 Å². The van der Waals surface area contributed by atoms with Crippen molar-refractivity contribution < 1.29 is 20.1 Å². The van der Waals surface area contributed by atoms with Crippen molar-refractivity contribution in [3.63, 3.8) is 0 Å². The number of hydrogen-bond acceptors (Lipinski definition) is 4. The normalized spacial score (nSPS) is 9.17. The fourth-order valence-electron chi connectivity index (χ4n) is 1.13. The number of aromatic carboxylic acids is 1. The Morgan fingerprint density at radius 3 is 2.06 bits per heavy atom. The molecule has 0 aliphatic heterocycles. The average Bonchev–Trinajstić information content (AvgIpc) is 2.34. The Morgan fingerprint density at radius 2 is 1.67 bits per heavy atom. The highest BCUT2D eigenvalue weighted by atomic mass is 16.4. The third-order valence-electron chi connectivity index (χ3n) is 2.11. The highest BCUT2D eigenvalue weighted by Gasteiger charge is 2.05. The van der Waals surface area contributed by atoms with Gasteiger partial charge in [-0.05, 0) is 31.2 Å². The predicted octanol–water partition coefficient (Wildman–Crippen LogP) is 2.19. The first-order chi connectivity index (χ1) is 8.52. The molecule has 0 aliphatic rings. The molecule has 18 heavy (non-hydrogen) atoms. The molecule has 0 saturated heterocycles. The van der Waals surface area contributed by atoms with Crippen LogP contribution in [-0.4, -0.2) is 26.3 Å². The number of hydrogen-bond donors (Lipinski definition) is 3. The molecular formula is C13H13NO4. The molecule has 0 fully saturated rings. The van der Waals surface area contributed by atoms with Crippen molar-refractivity contribution in [1.29, 1.82) is 0 Å². The van der Waals surface area contributed by atoms with Gasteiger partial charge in [-0.2, -0.15) is 0 Å². The molecule has 94 valence electrons. The third kappa shape index (κ3) is 3.79. The number of aromatic nitrogens is 1. The second-order valence-electron chi connectivity index (χ2n) is 3.43. The summed E-state index contributed by atoms with van der Waals surface area (Å²) < 4.78 is 0. The lowest BCUT2D eigenvalue weighted by molar-refractivity contribution is 0.0693. The molecule has 0 saturated carbocycles. The number of rotatable bonds is 1. The van der Waals surface area contributed by atoms with Crippen LogP contribution in [0.25, 0.3) is 0 Å². The maximum atomic E-state index is 10.3. The third-order valence-corrected chi connectivity index (χ3v) is 2.11. The lowest BCUT2D eigenvalue weighted by atomic mass is 10.2. The van der Waals surface area contributed by atoms with Crippen molar-refractivity contribution in [3.8, 4) is 11.5 Å². The van der Waals surface area contributed by atoms with E-state index in [1.807, 2.05) is 0 Å². The van der Waals surface area contributed by atoms with Crippen LogP contribution < -0.4 is 0 Å². The first-order valence-corrected chi connectivity index (χ1v) is 5.14. The van der Waals surface area contributed by atoms with Crippen LogP contribution in [0.15, 0.2) is 42.6 Å². The van der Waals surface area contributed by atoms with Crippen LogP contribution >= 0.6 is 0 Å². The van der Waals surface area contributed by atoms with Gasteiger partial charge in [0.15, 0.2) is 0 Å². The van der Waals surface area contributed by atoms with Gasteiger partial charge in [0.05, 0.1) is 5.69 Å². The smallest absolute Gasteiger partial charge is 0.339 e. The first-order valence-electron chi connectivity index (χ1n) is 5.14. The van der Waals surface area contributed by atoms with Crippen LogP contribution in [-0.2, 0) is 0 Å². The summed E-state index contributed by atoms with van der Waals surface area (Å²) in [5.74, 6) is -1.05. The van der Waals surface area contributed by atoms with Gasteiger partial charge in [-0.3, -0.25) is 4.98 Å². The van der Waals surface area contributed by atoms with Gasteiger partial charge in [0, 0.05) is 6.20 Å². The van der Waals surface area contributed by atoms with E-state index in [-0.39, 0.29) is 17.1 Å². The fraction of sp³-hybridized carbons (Fsp3) is 0.0769. The summed E-state index contributed by atoms with van der Waals surface area (Å²) in [6.45, 7) is 1.76. The summed E-state index contributed by atoms with van der Waals surface area (Å²) in [4.78, 5) is 14.1. The fourth-order valence-corrected chi connectivity index (χ4v) is 1.13.